The smallest absolute Gasteiger partial charge is 0.332 e. The van der Waals surface area contributed by atoms with E-state index in [-0.39, 0.29) is 11.5 Å². The molecule has 0 fully saturated rings. The van der Waals surface area contributed by atoms with Crippen LogP contribution in [0, 0.1) is 0 Å². The Bertz CT molecular complexity index is 1010. The number of aromatic nitrogens is 2. The van der Waals surface area contributed by atoms with E-state index < -0.39 is 11.2 Å². The highest BCUT2D eigenvalue weighted by Crippen LogP contribution is 2.30. The van der Waals surface area contributed by atoms with Gasteiger partial charge in [-0.1, -0.05) is 12.6 Å². The SMILES string of the molecule is C=C(CNc1c(N)n(C)c(=O)n(C)c1=O)NCCc1ccc2c(c1)OCCO2. The van der Waals surface area contributed by atoms with E-state index in [9.17, 15) is 9.59 Å². The first-order valence-electron chi connectivity index (χ1n) is 8.98. The molecule has 0 saturated carbocycles. The first kappa shape index (κ1) is 19.4. The maximum Gasteiger partial charge on any atom is 0.332 e. The molecule has 9 nitrogen and oxygen atoms in total. The van der Waals surface area contributed by atoms with Crippen LogP contribution in [0.1, 0.15) is 5.56 Å². The molecule has 1 aliphatic rings. The molecule has 3 rings (SSSR count). The second-order valence-electron chi connectivity index (χ2n) is 6.58. The minimum absolute atomic E-state index is 0.0946. The molecule has 0 aliphatic carbocycles. The monoisotopic (exact) mass is 387 g/mol. The van der Waals surface area contributed by atoms with E-state index in [1.54, 1.807) is 0 Å². The molecule has 1 aromatic carbocycles. The van der Waals surface area contributed by atoms with Gasteiger partial charge < -0.3 is 25.8 Å². The Morgan fingerprint density at radius 3 is 2.64 bits per heavy atom. The second kappa shape index (κ2) is 8.12. The first-order chi connectivity index (χ1) is 13.4. The fourth-order valence-corrected chi connectivity index (χ4v) is 2.91. The van der Waals surface area contributed by atoms with E-state index in [2.05, 4.69) is 17.2 Å². The van der Waals surface area contributed by atoms with Crippen molar-refractivity contribution in [1.82, 2.24) is 14.5 Å². The highest BCUT2D eigenvalue weighted by atomic mass is 16.6. The molecule has 2 aromatic rings. The topological polar surface area (TPSA) is 113 Å². The first-order valence-corrected chi connectivity index (χ1v) is 8.98. The molecule has 0 atom stereocenters. The summed E-state index contributed by atoms with van der Waals surface area (Å²) in [5.41, 5.74) is 6.95. The molecular weight excluding hydrogens is 362 g/mol. The quantitative estimate of drug-likeness (QED) is 0.622. The van der Waals surface area contributed by atoms with Gasteiger partial charge in [0.2, 0.25) is 0 Å². The van der Waals surface area contributed by atoms with E-state index in [1.165, 1.54) is 18.7 Å². The lowest BCUT2D eigenvalue weighted by Crippen LogP contribution is -2.40. The lowest BCUT2D eigenvalue weighted by atomic mass is 10.1. The molecule has 150 valence electrons. The molecule has 1 aromatic heterocycles. The number of nitrogen functional groups attached to an aromatic ring is 1. The fraction of sp³-hybridized carbons (Fsp3) is 0.368. The Hall–Kier alpha value is -3.36. The van der Waals surface area contributed by atoms with Gasteiger partial charge in [-0.05, 0) is 24.1 Å². The van der Waals surface area contributed by atoms with Crippen LogP contribution in [0.5, 0.6) is 11.5 Å². The number of ether oxygens (including phenoxy) is 2. The number of hydrogen-bond donors (Lipinski definition) is 3. The van der Waals surface area contributed by atoms with Gasteiger partial charge in [0.1, 0.15) is 24.7 Å². The van der Waals surface area contributed by atoms with Crippen LogP contribution in [0.3, 0.4) is 0 Å². The second-order valence-corrected chi connectivity index (χ2v) is 6.58. The van der Waals surface area contributed by atoms with Gasteiger partial charge in [0, 0.05) is 26.3 Å². The Morgan fingerprint density at radius 1 is 1.18 bits per heavy atom. The van der Waals surface area contributed by atoms with Crippen molar-refractivity contribution in [2.24, 2.45) is 14.1 Å². The lowest BCUT2D eigenvalue weighted by molar-refractivity contribution is 0.171. The third-order valence-electron chi connectivity index (χ3n) is 4.58. The summed E-state index contributed by atoms with van der Waals surface area (Å²) in [5, 5.41) is 6.18. The highest BCUT2D eigenvalue weighted by molar-refractivity contribution is 5.60. The number of anilines is 2. The molecule has 1 aliphatic heterocycles. The van der Waals surface area contributed by atoms with Crippen LogP contribution in [0.4, 0.5) is 11.5 Å². The van der Waals surface area contributed by atoms with E-state index in [0.717, 1.165) is 28.1 Å². The summed E-state index contributed by atoms with van der Waals surface area (Å²) in [7, 11) is 2.93. The maximum absolute atomic E-state index is 12.2. The van der Waals surface area contributed by atoms with Gasteiger partial charge in [-0.2, -0.15) is 0 Å². The molecule has 0 radical (unpaired) electrons. The molecule has 28 heavy (non-hydrogen) atoms. The van der Waals surface area contributed by atoms with Crippen molar-refractivity contribution < 1.29 is 9.47 Å². The number of hydrogen-bond acceptors (Lipinski definition) is 7. The van der Waals surface area contributed by atoms with Crippen molar-refractivity contribution in [3.63, 3.8) is 0 Å². The molecule has 4 N–H and O–H groups in total. The molecule has 0 bridgehead atoms. The van der Waals surface area contributed by atoms with Gasteiger partial charge in [0.25, 0.3) is 5.56 Å². The highest BCUT2D eigenvalue weighted by Gasteiger charge is 2.13. The van der Waals surface area contributed by atoms with Crippen LogP contribution in [-0.2, 0) is 20.5 Å². The summed E-state index contributed by atoms with van der Waals surface area (Å²) < 4.78 is 13.3. The van der Waals surface area contributed by atoms with Crippen molar-refractivity contribution in [3.8, 4) is 11.5 Å². The van der Waals surface area contributed by atoms with Gasteiger partial charge in [0.15, 0.2) is 11.5 Å². The summed E-state index contributed by atoms with van der Waals surface area (Å²) in [6.45, 7) is 6.06. The van der Waals surface area contributed by atoms with Crippen LogP contribution in [0.25, 0.3) is 0 Å². The summed E-state index contributed by atoms with van der Waals surface area (Å²) in [6, 6.07) is 5.90. The van der Waals surface area contributed by atoms with Gasteiger partial charge in [-0.25, -0.2) is 4.79 Å². The maximum atomic E-state index is 12.2. The zero-order valence-corrected chi connectivity index (χ0v) is 16.1. The van der Waals surface area contributed by atoms with Crippen molar-refractivity contribution in [3.05, 3.63) is 56.9 Å². The largest absolute Gasteiger partial charge is 0.486 e. The third-order valence-corrected chi connectivity index (χ3v) is 4.58. The Morgan fingerprint density at radius 2 is 1.89 bits per heavy atom. The summed E-state index contributed by atoms with van der Waals surface area (Å²) >= 11 is 0. The van der Waals surface area contributed by atoms with Crippen LogP contribution < -0.4 is 37.1 Å². The third kappa shape index (κ3) is 3.98. The molecule has 0 spiro atoms. The molecule has 0 amide bonds. The van der Waals surface area contributed by atoms with E-state index in [4.69, 9.17) is 15.2 Å². The van der Waals surface area contributed by atoms with Crippen LogP contribution >= 0.6 is 0 Å². The minimum Gasteiger partial charge on any atom is -0.486 e. The fourth-order valence-electron chi connectivity index (χ4n) is 2.91. The van der Waals surface area contributed by atoms with E-state index in [0.29, 0.717) is 32.0 Å². The molecule has 2 heterocycles. The van der Waals surface area contributed by atoms with Gasteiger partial charge >= 0.3 is 5.69 Å². The van der Waals surface area contributed by atoms with Crippen molar-refractivity contribution in [1.29, 1.82) is 0 Å². The predicted molar refractivity (Wildman–Crippen MR) is 108 cm³/mol. The normalized spacial score (nSPS) is 12.5. The zero-order valence-electron chi connectivity index (χ0n) is 16.1. The lowest BCUT2D eigenvalue weighted by Gasteiger charge is -2.19. The Balaban J connectivity index is 1.53. The number of fused-ring (bicyclic) bond motifs is 1. The number of nitrogens with two attached hydrogens (primary N) is 1. The Kier molecular flexibility index (Phi) is 5.62. The summed E-state index contributed by atoms with van der Waals surface area (Å²) in [6.07, 6.45) is 0.777. The average molecular weight is 387 g/mol. The number of nitrogens with one attached hydrogen (secondary N) is 2. The van der Waals surface area contributed by atoms with Crippen LogP contribution in [0.2, 0.25) is 0 Å². The van der Waals surface area contributed by atoms with E-state index >= 15 is 0 Å². The molecule has 9 heteroatoms. The van der Waals surface area contributed by atoms with E-state index in [1.807, 2.05) is 18.2 Å². The van der Waals surface area contributed by atoms with Crippen molar-refractivity contribution in [2.75, 3.05) is 37.4 Å². The van der Waals surface area contributed by atoms with Gasteiger partial charge in [-0.15, -0.1) is 0 Å². The van der Waals surface area contributed by atoms with Crippen LogP contribution in [-0.4, -0.2) is 35.4 Å². The predicted octanol–water partition coefficient (Wildman–Crippen LogP) is 0.195. The van der Waals surface area contributed by atoms with Crippen molar-refractivity contribution >= 4 is 11.5 Å². The number of benzene rings is 1. The zero-order chi connectivity index (χ0) is 20.3. The standard InChI is InChI=1S/C19H25N5O4/c1-12(11-22-16-17(20)23(2)19(26)24(3)18(16)25)21-7-6-13-4-5-14-15(10-13)28-9-8-27-14/h4-5,10,21-22H,1,6-9,11,20H2,2-3H3. The Labute approximate surface area is 162 Å². The average Bonchev–Trinajstić information content (AvgIpc) is 2.70. The van der Waals surface area contributed by atoms with Gasteiger partial charge in [0.05, 0.1) is 6.54 Å². The minimum atomic E-state index is -0.468. The molecule has 0 saturated heterocycles. The number of nitrogens with zero attached hydrogens (tertiary/aromatic N) is 2. The van der Waals surface area contributed by atoms with Gasteiger partial charge in [-0.3, -0.25) is 13.9 Å². The molecular formula is C19H25N5O4. The number of rotatable bonds is 7. The molecule has 0 unspecified atom stereocenters. The summed E-state index contributed by atoms with van der Waals surface area (Å²) in [5.74, 6) is 1.63. The van der Waals surface area contributed by atoms with Crippen LogP contribution in [0.15, 0.2) is 40.1 Å². The summed E-state index contributed by atoms with van der Waals surface area (Å²) in [4.78, 5) is 24.1. The van der Waals surface area contributed by atoms with Crippen molar-refractivity contribution in [2.45, 2.75) is 6.42 Å².